The summed E-state index contributed by atoms with van der Waals surface area (Å²) in [5.74, 6) is 0.163. The van der Waals surface area contributed by atoms with Gasteiger partial charge < -0.3 is 10.3 Å². The predicted octanol–water partition coefficient (Wildman–Crippen LogP) is 1.62. The van der Waals surface area contributed by atoms with Gasteiger partial charge in [0.1, 0.15) is 0 Å². The summed E-state index contributed by atoms with van der Waals surface area (Å²) in [4.78, 5) is 22.1. The first-order valence-electron chi connectivity index (χ1n) is 7.88. The van der Waals surface area contributed by atoms with Crippen LogP contribution in [0.2, 0.25) is 0 Å². The molecule has 0 saturated heterocycles. The third-order valence-electron chi connectivity index (χ3n) is 4.50. The Balaban J connectivity index is 1.58. The van der Waals surface area contributed by atoms with Gasteiger partial charge in [0.2, 0.25) is 5.91 Å². The summed E-state index contributed by atoms with van der Waals surface area (Å²) in [6.07, 6.45) is 6.54. The third kappa shape index (κ3) is 2.76. The lowest BCUT2D eigenvalue weighted by atomic mass is 9.93. The fourth-order valence-electron chi connectivity index (χ4n) is 3.12. The summed E-state index contributed by atoms with van der Waals surface area (Å²) in [6.45, 7) is 1.52. The van der Waals surface area contributed by atoms with Crippen LogP contribution in [0.3, 0.4) is 0 Å². The Morgan fingerprint density at radius 2 is 2.14 bits per heavy atom. The highest BCUT2D eigenvalue weighted by Crippen LogP contribution is 2.26. The first kappa shape index (κ1) is 13.5. The number of nitrogens with one attached hydrogen (secondary N) is 2. The van der Waals surface area contributed by atoms with Crippen LogP contribution in [0.25, 0.3) is 0 Å². The molecule has 2 aliphatic rings. The quantitative estimate of drug-likeness (QED) is 0.901. The minimum absolute atomic E-state index is 0.0983. The predicted molar refractivity (Wildman–Crippen MR) is 82.9 cm³/mol. The number of amides is 1. The minimum atomic E-state index is -0.0983. The van der Waals surface area contributed by atoms with Crippen molar-refractivity contribution in [2.24, 2.45) is 0 Å². The normalized spacial score (nSPS) is 21.4. The van der Waals surface area contributed by atoms with Crippen LogP contribution in [0.15, 0.2) is 36.8 Å². The molecule has 1 aromatic carbocycles. The number of imidazole rings is 1. The van der Waals surface area contributed by atoms with Crippen LogP contribution in [-0.4, -0.2) is 32.9 Å². The van der Waals surface area contributed by atoms with Crippen LogP contribution in [-0.2, 0) is 24.3 Å². The van der Waals surface area contributed by atoms with Crippen molar-refractivity contribution in [2.45, 2.75) is 44.4 Å². The molecule has 114 valence electrons. The second-order valence-corrected chi connectivity index (χ2v) is 6.25. The lowest BCUT2D eigenvalue weighted by Gasteiger charge is -2.35. The van der Waals surface area contributed by atoms with Crippen molar-refractivity contribution in [3.63, 3.8) is 0 Å². The highest BCUT2D eigenvalue weighted by Gasteiger charge is 2.34. The SMILES string of the molecule is O=C(NC1CC1)[C@H]1Cc2ccccc2CN1Cc1cnc[nH]1. The van der Waals surface area contributed by atoms with E-state index in [0.29, 0.717) is 6.04 Å². The van der Waals surface area contributed by atoms with E-state index in [-0.39, 0.29) is 11.9 Å². The molecule has 5 heteroatoms. The van der Waals surface area contributed by atoms with E-state index in [0.717, 1.165) is 38.0 Å². The van der Waals surface area contributed by atoms with E-state index >= 15 is 0 Å². The molecule has 0 unspecified atom stereocenters. The summed E-state index contributed by atoms with van der Waals surface area (Å²) >= 11 is 0. The summed E-state index contributed by atoms with van der Waals surface area (Å²) in [5, 5.41) is 3.16. The maximum absolute atomic E-state index is 12.6. The Labute approximate surface area is 129 Å². The Morgan fingerprint density at radius 3 is 2.86 bits per heavy atom. The molecule has 1 amide bonds. The van der Waals surface area contributed by atoms with E-state index in [1.54, 1.807) is 6.33 Å². The van der Waals surface area contributed by atoms with Crippen molar-refractivity contribution in [3.05, 3.63) is 53.6 Å². The number of hydrogen-bond acceptors (Lipinski definition) is 3. The van der Waals surface area contributed by atoms with Gasteiger partial charge in [0.05, 0.1) is 12.4 Å². The topological polar surface area (TPSA) is 61.0 Å². The number of benzene rings is 1. The standard InChI is InChI=1S/C17H20N4O/c22-17(20-14-5-6-14)16-7-12-3-1-2-4-13(12)9-21(16)10-15-8-18-11-19-15/h1-4,8,11,14,16H,5-7,9-10H2,(H,18,19)(H,20,22)/t16-/m1/s1. The van der Waals surface area contributed by atoms with Gasteiger partial charge in [-0.3, -0.25) is 9.69 Å². The molecule has 1 aliphatic heterocycles. The van der Waals surface area contributed by atoms with Crippen molar-refractivity contribution < 1.29 is 4.79 Å². The van der Waals surface area contributed by atoms with Gasteiger partial charge in [-0.15, -0.1) is 0 Å². The van der Waals surface area contributed by atoms with Crippen LogP contribution in [0, 0.1) is 0 Å². The van der Waals surface area contributed by atoms with Gasteiger partial charge in [0.25, 0.3) is 0 Å². The van der Waals surface area contributed by atoms with Crippen molar-refractivity contribution in [2.75, 3.05) is 0 Å². The maximum Gasteiger partial charge on any atom is 0.237 e. The Hall–Kier alpha value is -2.14. The van der Waals surface area contributed by atoms with Gasteiger partial charge in [-0.1, -0.05) is 24.3 Å². The Morgan fingerprint density at radius 1 is 1.32 bits per heavy atom. The van der Waals surface area contributed by atoms with E-state index < -0.39 is 0 Å². The number of fused-ring (bicyclic) bond motifs is 1. The van der Waals surface area contributed by atoms with Gasteiger partial charge in [-0.25, -0.2) is 4.98 Å². The molecule has 1 atom stereocenters. The van der Waals surface area contributed by atoms with Crippen molar-refractivity contribution >= 4 is 5.91 Å². The maximum atomic E-state index is 12.6. The first-order valence-corrected chi connectivity index (χ1v) is 7.88. The van der Waals surface area contributed by atoms with Crippen LogP contribution in [0.4, 0.5) is 0 Å². The van der Waals surface area contributed by atoms with Gasteiger partial charge in [-0.2, -0.15) is 0 Å². The number of H-pyrrole nitrogens is 1. The highest BCUT2D eigenvalue weighted by molar-refractivity contribution is 5.83. The monoisotopic (exact) mass is 296 g/mol. The number of carbonyl (C=O) groups is 1. The number of nitrogens with zero attached hydrogens (tertiary/aromatic N) is 2. The molecule has 0 bridgehead atoms. The fraction of sp³-hybridized carbons (Fsp3) is 0.412. The summed E-state index contributed by atoms with van der Waals surface area (Å²) in [5.41, 5.74) is 3.65. The largest absolute Gasteiger partial charge is 0.352 e. The Bertz CT molecular complexity index is 663. The zero-order chi connectivity index (χ0) is 14.9. The molecule has 0 spiro atoms. The second-order valence-electron chi connectivity index (χ2n) is 6.25. The summed E-state index contributed by atoms with van der Waals surface area (Å²) in [7, 11) is 0. The molecule has 0 radical (unpaired) electrons. The average Bonchev–Trinajstić information content (AvgIpc) is 3.19. The number of carbonyl (C=O) groups excluding carboxylic acids is 1. The van der Waals surface area contributed by atoms with E-state index in [4.69, 9.17) is 0 Å². The number of aromatic nitrogens is 2. The molecule has 1 saturated carbocycles. The van der Waals surface area contributed by atoms with Gasteiger partial charge >= 0.3 is 0 Å². The van der Waals surface area contributed by atoms with Gasteiger partial charge in [0, 0.05) is 31.0 Å². The molecule has 1 fully saturated rings. The van der Waals surface area contributed by atoms with Crippen LogP contribution in [0.1, 0.15) is 29.7 Å². The molecule has 22 heavy (non-hydrogen) atoms. The second kappa shape index (κ2) is 5.57. The van der Waals surface area contributed by atoms with Gasteiger partial charge in [-0.05, 0) is 30.4 Å². The first-order chi connectivity index (χ1) is 10.8. The number of aromatic amines is 1. The van der Waals surface area contributed by atoms with Crippen molar-refractivity contribution in [1.82, 2.24) is 20.2 Å². The number of hydrogen-bond donors (Lipinski definition) is 2. The molecular weight excluding hydrogens is 276 g/mol. The molecule has 2 heterocycles. The molecular formula is C17H20N4O. The zero-order valence-electron chi connectivity index (χ0n) is 12.5. The molecule has 1 aliphatic carbocycles. The molecule has 2 aromatic rings. The van der Waals surface area contributed by atoms with Crippen LogP contribution in [0.5, 0.6) is 0 Å². The minimum Gasteiger partial charge on any atom is -0.352 e. The highest BCUT2D eigenvalue weighted by atomic mass is 16.2. The smallest absolute Gasteiger partial charge is 0.237 e. The van der Waals surface area contributed by atoms with Crippen LogP contribution >= 0.6 is 0 Å². The molecule has 4 rings (SSSR count). The van der Waals surface area contributed by atoms with Crippen LogP contribution < -0.4 is 5.32 Å². The molecule has 1 aromatic heterocycles. The third-order valence-corrected chi connectivity index (χ3v) is 4.50. The fourth-order valence-corrected chi connectivity index (χ4v) is 3.12. The van der Waals surface area contributed by atoms with Gasteiger partial charge in [0.15, 0.2) is 0 Å². The average molecular weight is 296 g/mol. The summed E-state index contributed by atoms with van der Waals surface area (Å²) < 4.78 is 0. The van der Waals surface area contributed by atoms with Crippen molar-refractivity contribution in [1.29, 1.82) is 0 Å². The van der Waals surface area contributed by atoms with Crippen molar-refractivity contribution in [3.8, 4) is 0 Å². The van der Waals surface area contributed by atoms with E-state index in [1.165, 1.54) is 11.1 Å². The van der Waals surface area contributed by atoms with E-state index in [2.05, 4.69) is 44.5 Å². The zero-order valence-corrected chi connectivity index (χ0v) is 12.5. The van der Waals surface area contributed by atoms with E-state index in [9.17, 15) is 4.79 Å². The van der Waals surface area contributed by atoms with E-state index in [1.807, 2.05) is 6.20 Å². The molecule has 5 nitrogen and oxygen atoms in total. The summed E-state index contributed by atoms with van der Waals surface area (Å²) in [6, 6.07) is 8.72. The lowest BCUT2D eigenvalue weighted by Crippen LogP contribution is -2.50. The molecule has 2 N–H and O–H groups in total. The lowest BCUT2D eigenvalue weighted by molar-refractivity contribution is -0.127. The number of rotatable bonds is 4. The Kier molecular flexibility index (Phi) is 3.42.